The molecule has 24 heavy (non-hydrogen) atoms. The van der Waals surface area contributed by atoms with E-state index in [0.717, 1.165) is 0 Å². The van der Waals surface area contributed by atoms with Gasteiger partial charge < -0.3 is 5.32 Å². The summed E-state index contributed by atoms with van der Waals surface area (Å²) in [5.74, 6) is -0.452. The third-order valence-electron chi connectivity index (χ3n) is 2.84. The van der Waals surface area contributed by atoms with Crippen LogP contribution in [0.5, 0.6) is 0 Å². The maximum absolute atomic E-state index is 12.5. The summed E-state index contributed by atoms with van der Waals surface area (Å²) in [6.07, 6.45) is 3.08. The Kier molecular flexibility index (Phi) is 5.27. The molecule has 0 saturated heterocycles. The fourth-order valence-electron chi connectivity index (χ4n) is 1.95. The molecule has 0 aliphatic rings. The minimum Gasteiger partial charge on any atom is -0.321 e. The van der Waals surface area contributed by atoms with Crippen LogP contribution >= 0.6 is 11.6 Å². The Morgan fingerprint density at radius 3 is 2.50 bits per heavy atom. The molecule has 8 heteroatoms. The highest BCUT2D eigenvalue weighted by Crippen LogP contribution is 2.24. The lowest BCUT2D eigenvalue weighted by atomic mass is 10.1. The highest BCUT2D eigenvalue weighted by molar-refractivity contribution is 7.89. The molecule has 2 rings (SSSR count). The van der Waals surface area contributed by atoms with Crippen molar-refractivity contribution in [3.05, 3.63) is 53.3 Å². The van der Waals surface area contributed by atoms with Gasteiger partial charge in [-0.1, -0.05) is 11.6 Å². The summed E-state index contributed by atoms with van der Waals surface area (Å²) in [5, 5.41) is 2.69. The molecule has 0 aliphatic heterocycles. The van der Waals surface area contributed by atoms with Gasteiger partial charge in [0.15, 0.2) is 0 Å². The largest absolute Gasteiger partial charge is 0.321 e. The van der Waals surface area contributed by atoms with Gasteiger partial charge in [-0.3, -0.25) is 9.78 Å². The summed E-state index contributed by atoms with van der Waals surface area (Å²) < 4.78 is 27.4. The molecule has 1 aromatic carbocycles. The van der Waals surface area contributed by atoms with Crippen LogP contribution in [-0.2, 0) is 10.0 Å². The van der Waals surface area contributed by atoms with Crippen molar-refractivity contribution >= 4 is 33.2 Å². The minimum absolute atomic E-state index is 0.0460. The second kappa shape index (κ2) is 6.88. The molecule has 0 fully saturated rings. The molecule has 0 radical (unpaired) electrons. The second-order valence-electron chi connectivity index (χ2n) is 6.20. The number of carbonyl (C=O) groups excluding carboxylic acids is 1. The molecule has 0 bridgehead atoms. The Balaban J connectivity index is 2.33. The zero-order valence-electron chi connectivity index (χ0n) is 13.5. The quantitative estimate of drug-likeness (QED) is 0.869. The Bertz CT molecular complexity index is 847. The van der Waals surface area contributed by atoms with Crippen molar-refractivity contribution in [1.82, 2.24) is 9.71 Å². The van der Waals surface area contributed by atoms with Crippen LogP contribution in [0.25, 0.3) is 0 Å². The summed E-state index contributed by atoms with van der Waals surface area (Å²) in [5.41, 5.74) is 0.0167. The normalized spacial score (nSPS) is 12.0. The van der Waals surface area contributed by atoms with Crippen LogP contribution in [0.15, 0.2) is 47.6 Å². The van der Waals surface area contributed by atoms with Gasteiger partial charge >= 0.3 is 0 Å². The van der Waals surface area contributed by atoms with E-state index in [2.05, 4.69) is 15.0 Å². The predicted molar refractivity (Wildman–Crippen MR) is 93.7 cm³/mol. The summed E-state index contributed by atoms with van der Waals surface area (Å²) >= 11 is 6.01. The van der Waals surface area contributed by atoms with Crippen LogP contribution < -0.4 is 10.0 Å². The number of halogens is 1. The predicted octanol–water partition coefficient (Wildman–Crippen LogP) is 3.06. The number of pyridine rings is 1. The Morgan fingerprint density at radius 1 is 1.21 bits per heavy atom. The summed E-state index contributed by atoms with van der Waals surface area (Å²) in [6.45, 7) is 5.16. The van der Waals surface area contributed by atoms with Crippen molar-refractivity contribution in [2.75, 3.05) is 5.32 Å². The molecule has 0 spiro atoms. The number of hydrogen-bond acceptors (Lipinski definition) is 4. The maximum Gasteiger partial charge on any atom is 0.255 e. The average molecular weight is 368 g/mol. The number of carbonyl (C=O) groups is 1. The van der Waals surface area contributed by atoms with Crippen LogP contribution in [-0.4, -0.2) is 24.8 Å². The first-order valence-electron chi connectivity index (χ1n) is 7.13. The van der Waals surface area contributed by atoms with Gasteiger partial charge in [-0.15, -0.1) is 0 Å². The number of rotatable bonds is 4. The van der Waals surface area contributed by atoms with Crippen LogP contribution in [0.2, 0.25) is 5.02 Å². The molecular formula is C16H18ClN3O3S. The number of sulfonamides is 1. The van der Waals surface area contributed by atoms with E-state index in [1.54, 1.807) is 39.1 Å². The third kappa shape index (κ3) is 4.77. The number of nitrogens with one attached hydrogen (secondary N) is 2. The average Bonchev–Trinajstić information content (AvgIpc) is 2.46. The van der Waals surface area contributed by atoms with Gasteiger partial charge in [0.05, 0.1) is 16.9 Å². The van der Waals surface area contributed by atoms with E-state index in [9.17, 15) is 13.2 Å². The minimum atomic E-state index is -3.85. The molecular weight excluding hydrogens is 350 g/mol. The van der Waals surface area contributed by atoms with E-state index >= 15 is 0 Å². The standard InChI is InChI=1S/C16H18ClN3O3S/c1-16(2,3)20-24(22,23)14-9-11(6-7-13(14)17)15(21)19-12-5-4-8-18-10-12/h4-10,20H,1-3H3,(H,19,21). The van der Waals surface area contributed by atoms with Crippen molar-refractivity contribution in [2.45, 2.75) is 31.2 Å². The molecule has 1 amide bonds. The molecule has 0 atom stereocenters. The maximum atomic E-state index is 12.5. The Morgan fingerprint density at radius 2 is 1.92 bits per heavy atom. The molecule has 6 nitrogen and oxygen atoms in total. The Hall–Kier alpha value is -1.96. The van der Waals surface area contributed by atoms with Gasteiger partial charge in [0.1, 0.15) is 4.90 Å². The van der Waals surface area contributed by atoms with Gasteiger partial charge in [0, 0.05) is 17.3 Å². The number of aromatic nitrogens is 1. The van der Waals surface area contributed by atoms with Gasteiger partial charge in [0.2, 0.25) is 10.0 Å². The SMILES string of the molecule is CC(C)(C)NS(=O)(=O)c1cc(C(=O)Nc2cccnc2)ccc1Cl. The van der Waals surface area contributed by atoms with E-state index in [0.29, 0.717) is 5.69 Å². The molecule has 0 unspecified atom stereocenters. The van der Waals surface area contributed by atoms with Crippen LogP contribution in [0, 0.1) is 0 Å². The number of anilines is 1. The second-order valence-corrected chi connectivity index (χ2v) is 8.25. The van der Waals surface area contributed by atoms with Crippen LogP contribution in [0.1, 0.15) is 31.1 Å². The van der Waals surface area contributed by atoms with E-state index < -0.39 is 21.5 Å². The number of nitrogens with zero attached hydrogens (tertiary/aromatic N) is 1. The first kappa shape index (κ1) is 18.4. The molecule has 0 saturated carbocycles. The summed E-state index contributed by atoms with van der Waals surface area (Å²) in [7, 11) is -3.85. The summed E-state index contributed by atoms with van der Waals surface area (Å²) in [6, 6.07) is 7.46. The van der Waals surface area contributed by atoms with Gasteiger partial charge in [-0.25, -0.2) is 13.1 Å². The third-order valence-corrected chi connectivity index (χ3v) is 5.08. The zero-order chi connectivity index (χ0) is 18.0. The first-order chi connectivity index (χ1) is 11.1. The van der Waals surface area contributed by atoms with E-state index in [1.807, 2.05) is 0 Å². The van der Waals surface area contributed by atoms with Gasteiger partial charge in [-0.05, 0) is 51.1 Å². The first-order valence-corrected chi connectivity index (χ1v) is 8.99. The number of hydrogen-bond donors (Lipinski definition) is 2. The van der Waals surface area contributed by atoms with Crippen molar-refractivity contribution in [1.29, 1.82) is 0 Å². The fraction of sp³-hybridized carbons (Fsp3) is 0.250. The smallest absolute Gasteiger partial charge is 0.255 e. The van der Waals surface area contributed by atoms with Gasteiger partial charge in [-0.2, -0.15) is 0 Å². The lowest BCUT2D eigenvalue weighted by Gasteiger charge is -2.21. The van der Waals surface area contributed by atoms with Crippen molar-refractivity contribution < 1.29 is 13.2 Å². The summed E-state index contributed by atoms with van der Waals surface area (Å²) in [4.78, 5) is 16.1. The molecule has 1 heterocycles. The van der Waals surface area contributed by atoms with E-state index in [4.69, 9.17) is 11.6 Å². The lowest BCUT2D eigenvalue weighted by molar-refractivity contribution is 0.102. The van der Waals surface area contributed by atoms with Gasteiger partial charge in [0.25, 0.3) is 5.91 Å². The molecule has 0 aliphatic carbocycles. The number of amides is 1. The van der Waals surface area contributed by atoms with Crippen LogP contribution in [0.4, 0.5) is 5.69 Å². The molecule has 2 N–H and O–H groups in total. The zero-order valence-corrected chi connectivity index (χ0v) is 15.1. The molecule has 2 aromatic rings. The van der Waals surface area contributed by atoms with E-state index in [-0.39, 0.29) is 15.5 Å². The fourth-order valence-corrected chi connectivity index (χ4v) is 3.89. The number of benzene rings is 1. The molecule has 1 aromatic heterocycles. The highest BCUT2D eigenvalue weighted by Gasteiger charge is 2.25. The topological polar surface area (TPSA) is 88.2 Å². The van der Waals surface area contributed by atoms with Crippen molar-refractivity contribution in [3.8, 4) is 0 Å². The van der Waals surface area contributed by atoms with Crippen molar-refractivity contribution in [3.63, 3.8) is 0 Å². The van der Waals surface area contributed by atoms with E-state index in [1.165, 1.54) is 24.4 Å². The lowest BCUT2D eigenvalue weighted by Crippen LogP contribution is -2.40. The Labute approximate surface area is 146 Å². The molecule has 128 valence electrons. The van der Waals surface area contributed by atoms with Crippen LogP contribution in [0.3, 0.4) is 0 Å². The van der Waals surface area contributed by atoms with Crippen molar-refractivity contribution in [2.24, 2.45) is 0 Å². The highest BCUT2D eigenvalue weighted by atomic mass is 35.5. The monoisotopic (exact) mass is 367 g/mol.